The van der Waals surface area contributed by atoms with Crippen LogP contribution in [0, 0.1) is 6.92 Å². The van der Waals surface area contributed by atoms with E-state index >= 15 is 0 Å². The molecule has 0 saturated carbocycles. The van der Waals surface area contributed by atoms with Crippen molar-refractivity contribution in [1.29, 1.82) is 0 Å². The third kappa shape index (κ3) is 2.30. The van der Waals surface area contributed by atoms with Crippen LogP contribution in [0.3, 0.4) is 0 Å². The number of rotatable bonds is 1. The zero-order chi connectivity index (χ0) is 9.84. The maximum absolute atomic E-state index is 11.2. The Kier molecular flexibility index (Phi) is 2.64. The van der Waals surface area contributed by atoms with Crippen molar-refractivity contribution in [2.24, 2.45) is 0 Å². The van der Waals surface area contributed by atoms with E-state index in [1.807, 2.05) is 0 Å². The van der Waals surface area contributed by atoms with E-state index in [1.54, 1.807) is 36.5 Å². The largest absolute Gasteiger partial charge is 0.465 e. The molecule has 0 atom stereocenters. The molecule has 0 aliphatic carbocycles. The first kappa shape index (κ1) is 9.25. The summed E-state index contributed by atoms with van der Waals surface area (Å²) in [4.78, 5) is 21.3. The lowest BCUT2D eigenvalue weighted by atomic mass is 10.1. The summed E-state index contributed by atoms with van der Waals surface area (Å²) in [6.07, 6.45) is -1.34. The van der Waals surface area contributed by atoms with Gasteiger partial charge < -0.3 is 5.11 Å². The molecule has 2 N–H and O–H groups in total. The Labute approximate surface area is 75.2 Å². The minimum Gasteiger partial charge on any atom is -0.465 e. The second kappa shape index (κ2) is 3.71. The molecule has 68 valence electrons. The molecule has 1 rings (SSSR count). The number of carbonyl (C=O) groups is 2. The lowest BCUT2D eigenvalue weighted by molar-refractivity contribution is 0.0947. The highest BCUT2D eigenvalue weighted by Gasteiger charge is 2.09. The molecule has 0 fully saturated rings. The van der Waals surface area contributed by atoms with Gasteiger partial charge >= 0.3 is 6.09 Å². The van der Waals surface area contributed by atoms with Crippen LogP contribution < -0.4 is 5.32 Å². The topological polar surface area (TPSA) is 66.4 Å². The van der Waals surface area contributed by atoms with Crippen LogP contribution in [0.25, 0.3) is 0 Å². The maximum Gasteiger partial charge on any atom is 0.411 e. The van der Waals surface area contributed by atoms with Gasteiger partial charge in [0.15, 0.2) is 0 Å². The quantitative estimate of drug-likeness (QED) is 0.684. The molecule has 4 nitrogen and oxygen atoms in total. The predicted octanol–water partition coefficient (Wildman–Crippen LogP) is 1.40. The monoisotopic (exact) mass is 179 g/mol. The lowest BCUT2D eigenvalue weighted by Gasteiger charge is -2.02. The van der Waals surface area contributed by atoms with Gasteiger partial charge in [-0.15, -0.1) is 0 Å². The molecule has 1 aromatic rings. The number of carboxylic acid groups (broad SMARTS) is 1. The lowest BCUT2D eigenvalue weighted by Crippen LogP contribution is -2.29. The Hall–Kier alpha value is -1.84. The van der Waals surface area contributed by atoms with Gasteiger partial charge in [-0.3, -0.25) is 10.1 Å². The molecule has 13 heavy (non-hydrogen) atoms. The summed E-state index contributed by atoms with van der Waals surface area (Å²) in [6, 6.07) is 6.79. The van der Waals surface area contributed by atoms with Crippen molar-refractivity contribution in [1.82, 2.24) is 5.32 Å². The van der Waals surface area contributed by atoms with Crippen LogP contribution in [-0.4, -0.2) is 17.1 Å². The smallest absolute Gasteiger partial charge is 0.411 e. The van der Waals surface area contributed by atoms with Crippen LogP contribution in [0.15, 0.2) is 24.3 Å². The zero-order valence-electron chi connectivity index (χ0n) is 7.07. The van der Waals surface area contributed by atoms with Crippen LogP contribution in [0.4, 0.5) is 4.79 Å². The van der Waals surface area contributed by atoms with Crippen LogP contribution >= 0.6 is 0 Å². The van der Waals surface area contributed by atoms with Crippen molar-refractivity contribution in [3.05, 3.63) is 35.4 Å². The van der Waals surface area contributed by atoms with E-state index in [1.165, 1.54) is 0 Å². The number of amides is 2. The molecule has 0 aliphatic heterocycles. The molecule has 0 heterocycles. The second-order valence-electron chi connectivity index (χ2n) is 2.57. The highest BCUT2D eigenvalue weighted by Crippen LogP contribution is 2.05. The molecule has 2 amide bonds. The third-order valence-corrected chi connectivity index (χ3v) is 1.61. The van der Waals surface area contributed by atoms with Crippen molar-refractivity contribution < 1.29 is 14.7 Å². The Morgan fingerprint density at radius 1 is 1.31 bits per heavy atom. The Bertz CT molecular complexity index is 346. The molecular weight excluding hydrogens is 170 g/mol. The zero-order valence-corrected chi connectivity index (χ0v) is 7.07. The Balaban J connectivity index is 2.89. The fraction of sp³-hybridized carbons (Fsp3) is 0.111. The standard InChI is InChI=1S/C9H9NO3/c1-6-4-2-3-5-7(6)8(11)10-9(12)13/h2-5H,1H3,(H,10,11)(H,12,13). The minimum absolute atomic E-state index is 0.380. The van der Waals surface area contributed by atoms with Gasteiger partial charge in [-0.25, -0.2) is 4.79 Å². The molecule has 0 bridgehead atoms. The average molecular weight is 179 g/mol. The summed E-state index contributed by atoms with van der Waals surface area (Å²) in [6.45, 7) is 1.75. The van der Waals surface area contributed by atoms with Crippen LogP contribution in [0.5, 0.6) is 0 Å². The normalized spacial score (nSPS) is 9.31. The van der Waals surface area contributed by atoms with Gasteiger partial charge in [0.1, 0.15) is 0 Å². The summed E-state index contributed by atoms with van der Waals surface area (Å²) < 4.78 is 0. The molecule has 0 radical (unpaired) electrons. The van der Waals surface area contributed by atoms with E-state index in [0.29, 0.717) is 5.56 Å². The van der Waals surface area contributed by atoms with Gasteiger partial charge in [-0.05, 0) is 18.6 Å². The maximum atomic E-state index is 11.2. The molecule has 0 saturated heterocycles. The predicted molar refractivity (Wildman–Crippen MR) is 46.7 cm³/mol. The van der Waals surface area contributed by atoms with Crippen molar-refractivity contribution in [3.8, 4) is 0 Å². The number of aryl methyl sites for hydroxylation is 1. The molecule has 0 aromatic heterocycles. The van der Waals surface area contributed by atoms with Crippen molar-refractivity contribution in [2.45, 2.75) is 6.92 Å². The summed E-state index contributed by atoms with van der Waals surface area (Å²) in [5.74, 6) is -0.592. The van der Waals surface area contributed by atoms with Crippen molar-refractivity contribution in [3.63, 3.8) is 0 Å². The highest BCUT2D eigenvalue weighted by atomic mass is 16.4. The van der Waals surface area contributed by atoms with Crippen LogP contribution in [0.2, 0.25) is 0 Å². The Morgan fingerprint density at radius 2 is 1.92 bits per heavy atom. The number of carbonyl (C=O) groups excluding carboxylic acids is 1. The summed E-state index contributed by atoms with van der Waals surface area (Å²) >= 11 is 0. The van der Waals surface area contributed by atoms with Gasteiger partial charge in [-0.2, -0.15) is 0 Å². The van der Waals surface area contributed by atoms with E-state index in [9.17, 15) is 9.59 Å². The first-order valence-corrected chi connectivity index (χ1v) is 3.71. The fourth-order valence-corrected chi connectivity index (χ4v) is 0.992. The molecule has 0 aliphatic rings. The highest BCUT2D eigenvalue weighted by molar-refractivity contribution is 6.03. The average Bonchev–Trinajstić information content (AvgIpc) is 2.03. The minimum atomic E-state index is -1.34. The van der Waals surface area contributed by atoms with Crippen molar-refractivity contribution >= 4 is 12.0 Å². The summed E-state index contributed by atoms with van der Waals surface area (Å²) in [7, 11) is 0. The fourth-order valence-electron chi connectivity index (χ4n) is 0.992. The first-order chi connectivity index (χ1) is 6.11. The van der Waals surface area contributed by atoms with Gasteiger partial charge in [-0.1, -0.05) is 18.2 Å². The first-order valence-electron chi connectivity index (χ1n) is 3.71. The molecule has 0 spiro atoms. The number of nitrogens with one attached hydrogen (secondary N) is 1. The van der Waals surface area contributed by atoms with Crippen LogP contribution in [0.1, 0.15) is 15.9 Å². The third-order valence-electron chi connectivity index (χ3n) is 1.61. The van der Waals surface area contributed by atoms with Gasteiger partial charge in [0.05, 0.1) is 0 Å². The number of benzene rings is 1. The van der Waals surface area contributed by atoms with E-state index in [2.05, 4.69) is 0 Å². The van der Waals surface area contributed by atoms with Gasteiger partial charge in [0, 0.05) is 5.56 Å². The molecule has 0 unspecified atom stereocenters. The SMILES string of the molecule is Cc1ccccc1C(=O)NC(=O)O. The molecule has 1 aromatic carbocycles. The van der Waals surface area contributed by atoms with E-state index in [0.717, 1.165) is 5.56 Å². The molecular formula is C9H9NO3. The van der Waals surface area contributed by atoms with E-state index in [4.69, 9.17) is 5.11 Å². The van der Waals surface area contributed by atoms with Gasteiger partial charge in [0.25, 0.3) is 5.91 Å². The van der Waals surface area contributed by atoms with E-state index in [-0.39, 0.29) is 0 Å². The van der Waals surface area contributed by atoms with E-state index < -0.39 is 12.0 Å². The van der Waals surface area contributed by atoms with Crippen LogP contribution in [-0.2, 0) is 0 Å². The molecule has 4 heteroatoms. The summed E-state index contributed by atoms with van der Waals surface area (Å²) in [5.41, 5.74) is 1.13. The summed E-state index contributed by atoms with van der Waals surface area (Å²) in [5, 5.41) is 10.1. The van der Waals surface area contributed by atoms with Crippen molar-refractivity contribution in [2.75, 3.05) is 0 Å². The Morgan fingerprint density at radius 3 is 2.46 bits per heavy atom. The number of hydrogen-bond acceptors (Lipinski definition) is 2. The number of imide groups is 1. The van der Waals surface area contributed by atoms with Gasteiger partial charge in [0.2, 0.25) is 0 Å². The second-order valence-corrected chi connectivity index (χ2v) is 2.57. The number of hydrogen-bond donors (Lipinski definition) is 2.